The zero-order chi connectivity index (χ0) is 12.3. The van der Waals surface area contributed by atoms with Gasteiger partial charge in [-0.15, -0.1) is 0 Å². The van der Waals surface area contributed by atoms with Crippen LogP contribution in [-0.4, -0.2) is 8.75 Å². The molecular weight excluding hydrogens is 263 g/mol. The highest BCUT2D eigenvalue weighted by Crippen LogP contribution is 2.24. The van der Waals surface area contributed by atoms with Crippen LogP contribution in [0.15, 0.2) is 24.4 Å². The number of nitrogens with zero attached hydrogens (tertiary/aromatic N) is 2. The molecule has 0 fully saturated rings. The third kappa shape index (κ3) is 2.78. The van der Waals surface area contributed by atoms with Crippen molar-refractivity contribution >= 4 is 23.3 Å². The summed E-state index contributed by atoms with van der Waals surface area (Å²) < 4.78 is 21.6. The zero-order valence-corrected chi connectivity index (χ0v) is 10.3. The summed E-state index contributed by atoms with van der Waals surface area (Å²) in [4.78, 5) is 0. The van der Waals surface area contributed by atoms with Gasteiger partial charge in [0.05, 0.1) is 29.7 Å². The number of nitrogens with two attached hydrogens (primary N) is 1. The second kappa shape index (κ2) is 5.50. The van der Waals surface area contributed by atoms with E-state index < -0.39 is 0 Å². The van der Waals surface area contributed by atoms with Gasteiger partial charge in [0.25, 0.3) is 0 Å². The second-order valence-electron chi connectivity index (χ2n) is 3.46. The lowest BCUT2D eigenvalue weighted by Crippen LogP contribution is -2.30. The van der Waals surface area contributed by atoms with Crippen LogP contribution in [-0.2, 0) is 6.42 Å². The van der Waals surface area contributed by atoms with Crippen LogP contribution in [0.3, 0.4) is 0 Å². The number of halogens is 2. The van der Waals surface area contributed by atoms with Crippen LogP contribution in [0.5, 0.6) is 0 Å². The maximum atomic E-state index is 13.6. The van der Waals surface area contributed by atoms with Crippen molar-refractivity contribution in [2.24, 2.45) is 5.84 Å². The minimum Gasteiger partial charge on any atom is -0.271 e. The van der Waals surface area contributed by atoms with E-state index in [1.165, 1.54) is 6.07 Å². The summed E-state index contributed by atoms with van der Waals surface area (Å²) in [6, 6.07) is 4.28. The van der Waals surface area contributed by atoms with Crippen LogP contribution in [0.1, 0.15) is 17.3 Å². The summed E-state index contributed by atoms with van der Waals surface area (Å²) in [5.41, 5.74) is 3.69. The van der Waals surface area contributed by atoms with Gasteiger partial charge in [-0.25, -0.2) is 4.39 Å². The average molecular weight is 273 g/mol. The summed E-state index contributed by atoms with van der Waals surface area (Å²) in [6.07, 6.45) is 1.93. The third-order valence-electron chi connectivity index (χ3n) is 2.41. The quantitative estimate of drug-likeness (QED) is 0.661. The van der Waals surface area contributed by atoms with Gasteiger partial charge in [-0.2, -0.15) is 8.75 Å². The van der Waals surface area contributed by atoms with Gasteiger partial charge in [-0.1, -0.05) is 17.7 Å². The highest BCUT2D eigenvalue weighted by atomic mass is 35.5. The Hall–Kier alpha value is -1.08. The largest absolute Gasteiger partial charge is 0.271 e. The first kappa shape index (κ1) is 12.4. The Bertz CT molecular complexity index is 471. The average Bonchev–Trinajstić information content (AvgIpc) is 2.82. The Balaban J connectivity index is 2.25. The Morgan fingerprint density at radius 1 is 1.53 bits per heavy atom. The van der Waals surface area contributed by atoms with Crippen LogP contribution >= 0.6 is 23.3 Å². The molecule has 2 rings (SSSR count). The van der Waals surface area contributed by atoms with Gasteiger partial charge in [0.2, 0.25) is 0 Å². The molecule has 0 saturated heterocycles. The van der Waals surface area contributed by atoms with Crippen LogP contribution in [0, 0.1) is 5.82 Å². The second-order valence-corrected chi connectivity index (χ2v) is 4.42. The predicted octanol–water partition coefficient (Wildman–Crippen LogP) is 2.08. The smallest absolute Gasteiger partial charge is 0.127 e. The zero-order valence-electron chi connectivity index (χ0n) is 8.73. The van der Waals surface area contributed by atoms with Crippen LogP contribution < -0.4 is 11.3 Å². The molecular formula is C10H10ClFN4S. The van der Waals surface area contributed by atoms with Crippen molar-refractivity contribution in [3.05, 3.63) is 46.5 Å². The fourth-order valence-corrected chi connectivity index (χ4v) is 2.22. The molecule has 0 saturated carbocycles. The highest BCUT2D eigenvalue weighted by molar-refractivity contribution is 6.99. The van der Waals surface area contributed by atoms with E-state index >= 15 is 0 Å². The summed E-state index contributed by atoms with van der Waals surface area (Å²) >= 11 is 7.03. The molecule has 0 radical (unpaired) electrons. The topological polar surface area (TPSA) is 63.8 Å². The van der Waals surface area contributed by atoms with Crippen LogP contribution in [0.25, 0.3) is 0 Å². The Morgan fingerprint density at radius 3 is 2.94 bits per heavy atom. The summed E-state index contributed by atoms with van der Waals surface area (Å²) in [5.74, 6) is 5.09. The fraction of sp³-hybridized carbons (Fsp3) is 0.200. The molecule has 1 atom stereocenters. The van der Waals surface area contributed by atoms with Crippen molar-refractivity contribution in [2.45, 2.75) is 12.5 Å². The lowest BCUT2D eigenvalue weighted by atomic mass is 10.0. The number of hydrogen-bond acceptors (Lipinski definition) is 5. The van der Waals surface area contributed by atoms with Crippen molar-refractivity contribution in [3.8, 4) is 0 Å². The standard InChI is InChI=1S/C10H10ClFN4S/c11-7-2-1-3-8(12)6(7)4-9(15-13)10-5-14-17-16-10/h1-3,5,9,15H,4,13H2. The normalized spacial score (nSPS) is 12.6. The maximum absolute atomic E-state index is 13.6. The highest BCUT2D eigenvalue weighted by Gasteiger charge is 2.17. The van der Waals surface area contributed by atoms with Gasteiger partial charge < -0.3 is 0 Å². The SMILES string of the molecule is NNC(Cc1c(F)cccc1Cl)c1cnsn1. The molecule has 4 nitrogen and oxygen atoms in total. The molecule has 1 unspecified atom stereocenters. The number of nitrogens with one attached hydrogen (secondary N) is 1. The van der Waals surface area contributed by atoms with Crippen LogP contribution in [0.4, 0.5) is 4.39 Å². The van der Waals surface area contributed by atoms with E-state index in [1.807, 2.05) is 0 Å². The molecule has 1 heterocycles. The predicted molar refractivity (Wildman–Crippen MR) is 65.1 cm³/mol. The molecule has 17 heavy (non-hydrogen) atoms. The van der Waals surface area contributed by atoms with Crippen molar-refractivity contribution in [1.82, 2.24) is 14.2 Å². The molecule has 0 amide bonds. The molecule has 1 aromatic heterocycles. The van der Waals surface area contributed by atoms with Gasteiger partial charge in [0.15, 0.2) is 0 Å². The minimum atomic E-state index is -0.346. The Kier molecular flexibility index (Phi) is 4.01. The van der Waals surface area contributed by atoms with E-state index in [0.29, 0.717) is 22.7 Å². The van der Waals surface area contributed by atoms with Gasteiger partial charge in [0.1, 0.15) is 5.82 Å². The summed E-state index contributed by atoms with van der Waals surface area (Å²) in [5, 5.41) is 0.383. The fourth-order valence-electron chi connectivity index (χ4n) is 1.51. The third-order valence-corrected chi connectivity index (χ3v) is 3.25. The molecule has 0 bridgehead atoms. The van der Waals surface area contributed by atoms with Crippen molar-refractivity contribution in [3.63, 3.8) is 0 Å². The van der Waals surface area contributed by atoms with E-state index in [0.717, 1.165) is 11.7 Å². The Morgan fingerprint density at radius 2 is 2.35 bits per heavy atom. The van der Waals surface area contributed by atoms with Crippen LogP contribution in [0.2, 0.25) is 5.02 Å². The first-order chi connectivity index (χ1) is 8.22. The first-order valence-corrected chi connectivity index (χ1v) is 5.99. The van der Waals surface area contributed by atoms with E-state index in [4.69, 9.17) is 17.4 Å². The Labute approximate surface area is 107 Å². The molecule has 2 aromatic rings. The van der Waals surface area contributed by atoms with Crippen molar-refractivity contribution in [2.75, 3.05) is 0 Å². The van der Waals surface area contributed by atoms with Crippen molar-refractivity contribution in [1.29, 1.82) is 0 Å². The van der Waals surface area contributed by atoms with Gasteiger partial charge in [-0.3, -0.25) is 11.3 Å². The maximum Gasteiger partial charge on any atom is 0.127 e. The van der Waals surface area contributed by atoms with E-state index in [2.05, 4.69) is 14.2 Å². The molecule has 0 aliphatic rings. The monoisotopic (exact) mass is 272 g/mol. The minimum absolute atomic E-state index is 0.303. The van der Waals surface area contributed by atoms with Crippen molar-refractivity contribution < 1.29 is 4.39 Å². The molecule has 7 heteroatoms. The summed E-state index contributed by atoms with van der Waals surface area (Å²) in [7, 11) is 0. The lowest BCUT2D eigenvalue weighted by molar-refractivity contribution is 0.522. The number of benzene rings is 1. The number of hydrogen-bond donors (Lipinski definition) is 2. The van der Waals surface area contributed by atoms with Gasteiger partial charge in [0, 0.05) is 10.6 Å². The van der Waals surface area contributed by atoms with Gasteiger partial charge in [-0.05, 0) is 18.6 Å². The number of aromatic nitrogens is 2. The van der Waals surface area contributed by atoms with E-state index in [9.17, 15) is 4.39 Å². The lowest BCUT2D eigenvalue weighted by Gasteiger charge is -2.14. The molecule has 90 valence electrons. The van der Waals surface area contributed by atoms with E-state index in [1.54, 1.807) is 18.3 Å². The summed E-state index contributed by atoms with van der Waals surface area (Å²) in [6.45, 7) is 0. The first-order valence-electron chi connectivity index (χ1n) is 4.89. The molecule has 0 aliphatic heterocycles. The number of hydrazine groups is 1. The molecule has 1 aromatic carbocycles. The molecule has 0 spiro atoms. The van der Waals surface area contributed by atoms with E-state index in [-0.39, 0.29) is 11.9 Å². The van der Waals surface area contributed by atoms with Gasteiger partial charge >= 0.3 is 0 Å². The molecule has 3 N–H and O–H groups in total. The number of rotatable bonds is 4. The molecule has 0 aliphatic carbocycles.